The molecule has 0 spiro atoms. The van der Waals surface area contributed by atoms with E-state index >= 15 is 0 Å². The van der Waals surface area contributed by atoms with Crippen LogP contribution in [0.1, 0.15) is 43.6 Å². The zero-order chi connectivity index (χ0) is 14.5. The number of hydrogen-bond donors (Lipinski definition) is 1. The fourth-order valence-electron chi connectivity index (χ4n) is 1.94. The van der Waals surface area contributed by atoms with Crippen molar-refractivity contribution in [2.75, 3.05) is 7.11 Å². The van der Waals surface area contributed by atoms with Crippen LogP contribution < -0.4 is 10.5 Å². The van der Waals surface area contributed by atoms with Crippen LogP contribution in [0.2, 0.25) is 0 Å². The number of nitrogens with zero attached hydrogens (tertiary/aromatic N) is 2. The van der Waals surface area contributed by atoms with Crippen molar-refractivity contribution in [3.8, 4) is 5.75 Å². The Morgan fingerprint density at radius 1 is 1.40 bits per heavy atom. The molecule has 2 aromatic rings. The number of ether oxygens (including phenoxy) is 1. The Labute approximate surface area is 119 Å². The minimum Gasteiger partial charge on any atom is -0.497 e. The number of nitrogens with two attached hydrogens (primary N) is 1. The minimum absolute atomic E-state index is 0.202. The van der Waals surface area contributed by atoms with Gasteiger partial charge in [-0.1, -0.05) is 37.6 Å². The van der Waals surface area contributed by atoms with Crippen LogP contribution in [-0.4, -0.2) is 17.3 Å². The lowest BCUT2D eigenvalue weighted by atomic mass is 10.0. The molecule has 0 aliphatic rings. The van der Waals surface area contributed by atoms with E-state index < -0.39 is 0 Å². The molecule has 0 radical (unpaired) electrons. The van der Waals surface area contributed by atoms with E-state index in [0.717, 1.165) is 17.7 Å². The lowest BCUT2D eigenvalue weighted by Crippen LogP contribution is -2.18. The molecule has 0 saturated carbocycles. The van der Waals surface area contributed by atoms with Gasteiger partial charge in [-0.25, -0.2) is 0 Å². The standard InChI is InChI=1S/C15H21N3O2/c1-4-10(2)14(16)15-17-13(18-20-15)9-11-6-5-7-12(8-11)19-3/h5-8,10,14H,4,9,16H2,1-3H3/t10-,14-/m0/s1. The Hall–Kier alpha value is -1.88. The minimum atomic E-state index is -0.202. The Balaban J connectivity index is 2.09. The van der Waals surface area contributed by atoms with Gasteiger partial charge in [0, 0.05) is 6.42 Å². The van der Waals surface area contributed by atoms with Gasteiger partial charge in [-0.2, -0.15) is 4.98 Å². The van der Waals surface area contributed by atoms with E-state index in [9.17, 15) is 0 Å². The molecule has 1 aromatic carbocycles. The summed E-state index contributed by atoms with van der Waals surface area (Å²) in [5, 5.41) is 4.00. The molecule has 1 heterocycles. The average Bonchev–Trinajstić information content (AvgIpc) is 2.94. The summed E-state index contributed by atoms with van der Waals surface area (Å²) in [5.74, 6) is 2.30. The molecule has 2 atom stereocenters. The molecule has 2 rings (SSSR count). The summed E-state index contributed by atoms with van der Waals surface area (Å²) >= 11 is 0. The van der Waals surface area contributed by atoms with Crippen molar-refractivity contribution in [3.63, 3.8) is 0 Å². The van der Waals surface area contributed by atoms with Crippen LogP contribution in [0, 0.1) is 5.92 Å². The molecule has 0 amide bonds. The van der Waals surface area contributed by atoms with Crippen molar-refractivity contribution in [1.82, 2.24) is 10.1 Å². The maximum absolute atomic E-state index is 6.09. The highest BCUT2D eigenvalue weighted by Crippen LogP contribution is 2.21. The first-order valence-corrected chi connectivity index (χ1v) is 6.85. The van der Waals surface area contributed by atoms with E-state index in [1.165, 1.54) is 0 Å². The SMILES string of the molecule is CC[C@H](C)[C@H](N)c1nc(Cc2cccc(OC)c2)no1. The maximum atomic E-state index is 6.09. The van der Waals surface area contributed by atoms with Gasteiger partial charge in [-0.15, -0.1) is 0 Å². The molecular weight excluding hydrogens is 254 g/mol. The summed E-state index contributed by atoms with van der Waals surface area (Å²) in [6, 6.07) is 7.62. The van der Waals surface area contributed by atoms with E-state index in [1.807, 2.05) is 24.3 Å². The lowest BCUT2D eigenvalue weighted by molar-refractivity contribution is 0.310. The predicted molar refractivity (Wildman–Crippen MR) is 76.5 cm³/mol. The number of methoxy groups -OCH3 is 1. The second-order valence-electron chi connectivity index (χ2n) is 4.99. The molecule has 1 aromatic heterocycles. The van der Waals surface area contributed by atoms with E-state index in [4.69, 9.17) is 15.0 Å². The van der Waals surface area contributed by atoms with Crippen LogP contribution in [0.4, 0.5) is 0 Å². The van der Waals surface area contributed by atoms with Gasteiger partial charge in [0.15, 0.2) is 5.82 Å². The first kappa shape index (κ1) is 14.5. The zero-order valence-corrected chi connectivity index (χ0v) is 12.2. The summed E-state index contributed by atoms with van der Waals surface area (Å²) in [4.78, 5) is 4.39. The van der Waals surface area contributed by atoms with Crippen LogP contribution in [0.25, 0.3) is 0 Å². The fraction of sp³-hybridized carbons (Fsp3) is 0.467. The van der Waals surface area contributed by atoms with Gasteiger partial charge in [0.05, 0.1) is 13.2 Å². The average molecular weight is 275 g/mol. The zero-order valence-electron chi connectivity index (χ0n) is 12.2. The summed E-state index contributed by atoms with van der Waals surface area (Å²) in [5.41, 5.74) is 7.16. The lowest BCUT2D eigenvalue weighted by Gasteiger charge is -2.12. The van der Waals surface area contributed by atoms with Crippen molar-refractivity contribution in [2.24, 2.45) is 11.7 Å². The fourth-order valence-corrected chi connectivity index (χ4v) is 1.94. The molecule has 0 saturated heterocycles. The van der Waals surface area contributed by atoms with Crippen molar-refractivity contribution in [1.29, 1.82) is 0 Å². The van der Waals surface area contributed by atoms with Gasteiger partial charge in [0.1, 0.15) is 5.75 Å². The molecule has 0 aliphatic heterocycles. The van der Waals surface area contributed by atoms with Gasteiger partial charge in [-0.3, -0.25) is 0 Å². The topological polar surface area (TPSA) is 74.2 Å². The van der Waals surface area contributed by atoms with E-state index in [-0.39, 0.29) is 6.04 Å². The third kappa shape index (κ3) is 3.36. The summed E-state index contributed by atoms with van der Waals surface area (Å²) in [6.45, 7) is 4.18. The van der Waals surface area contributed by atoms with E-state index in [2.05, 4.69) is 24.0 Å². The third-order valence-corrected chi connectivity index (χ3v) is 3.52. The Morgan fingerprint density at radius 3 is 2.90 bits per heavy atom. The van der Waals surface area contributed by atoms with Gasteiger partial charge in [-0.05, 0) is 23.6 Å². The number of rotatable bonds is 6. The third-order valence-electron chi connectivity index (χ3n) is 3.52. The van der Waals surface area contributed by atoms with Crippen molar-refractivity contribution < 1.29 is 9.26 Å². The van der Waals surface area contributed by atoms with Crippen LogP contribution in [0.15, 0.2) is 28.8 Å². The molecule has 5 nitrogen and oxygen atoms in total. The monoisotopic (exact) mass is 275 g/mol. The Morgan fingerprint density at radius 2 is 2.20 bits per heavy atom. The first-order chi connectivity index (χ1) is 9.63. The van der Waals surface area contributed by atoms with Crippen molar-refractivity contribution >= 4 is 0 Å². The largest absolute Gasteiger partial charge is 0.497 e. The molecule has 108 valence electrons. The Bertz CT molecular complexity index is 554. The molecule has 20 heavy (non-hydrogen) atoms. The number of hydrogen-bond acceptors (Lipinski definition) is 5. The van der Waals surface area contributed by atoms with Crippen LogP contribution >= 0.6 is 0 Å². The van der Waals surface area contributed by atoms with Crippen LogP contribution in [0.3, 0.4) is 0 Å². The van der Waals surface area contributed by atoms with Gasteiger partial charge >= 0.3 is 0 Å². The molecule has 0 unspecified atom stereocenters. The summed E-state index contributed by atoms with van der Waals surface area (Å²) < 4.78 is 10.5. The molecule has 0 bridgehead atoms. The van der Waals surface area contributed by atoms with E-state index in [1.54, 1.807) is 7.11 Å². The molecular formula is C15H21N3O2. The van der Waals surface area contributed by atoms with Crippen molar-refractivity contribution in [3.05, 3.63) is 41.5 Å². The quantitative estimate of drug-likeness (QED) is 0.877. The number of benzene rings is 1. The predicted octanol–water partition coefficient (Wildman–Crippen LogP) is 2.71. The van der Waals surface area contributed by atoms with Gasteiger partial charge in [0.25, 0.3) is 0 Å². The smallest absolute Gasteiger partial charge is 0.243 e. The van der Waals surface area contributed by atoms with Gasteiger partial charge in [0.2, 0.25) is 5.89 Å². The molecule has 0 fully saturated rings. The van der Waals surface area contributed by atoms with Crippen molar-refractivity contribution in [2.45, 2.75) is 32.7 Å². The normalized spacial score (nSPS) is 14.0. The second kappa shape index (κ2) is 6.52. The van der Waals surface area contributed by atoms with E-state index in [0.29, 0.717) is 24.1 Å². The second-order valence-corrected chi connectivity index (χ2v) is 4.99. The maximum Gasteiger partial charge on any atom is 0.243 e. The summed E-state index contributed by atoms with van der Waals surface area (Å²) in [6.07, 6.45) is 1.59. The summed E-state index contributed by atoms with van der Waals surface area (Å²) in [7, 11) is 1.65. The molecule has 0 aliphatic carbocycles. The van der Waals surface area contributed by atoms with Gasteiger partial charge < -0.3 is 15.0 Å². The van der Waals surface area contributed by atoms with Crippen LogP contribution in [0.5, 0.6) is 5.75 Å². The molecule has 5 heteroatoms. The first-order valence-electron chi connectivity index (χ1n) is 6.85. The Kier molecular flexibility index (Phi) is 4.74. The molecule has 2 N–H and O–H groups in total. The highest BCUT2D eigenvalue weighted by molar-refractivity contribution is 5.30. The highest BCUT2D eigenvalue weighted by Gasteiger charge is 2.20. The number of aromatic nitrogens is 2. The highest BCUT2D eigenvalue weighted by atomic mass is 16.5. The van der Waals surface area contributed by atoms with Crippen LogP contribution in [-0.2, 0) is 6.42 Å².